The van der Waals surface area contributed by atoms with Gasteiger partial charge in [0.05, 0.1) is 0 Å². The fraction of sp³-hybridized carbons (Fsp3) is 0.231. The van der Waals surface area contributed by atoms with Crippen molar-refractivity contribution < 1.29 is 9.15 Å². The zero-order valence-electron chi connectivity index (χ0n) is 9.52. The molecule has 2 aromatic rings. The molecule has 3 nitrogen and oxygen atoms in total. The number of rotatable bonds is 4. The Kier molecular flexibility index (Phi) is 4.06. The molecule has 1 atom stereocenters. The van der Waals surface area contributed by atoms with E-state index < -0.39 is 0 Å². The van der Waals surface area contributed by atoms with E-state index in [4.69, 9.17) is 14.9 Å². The lowest BCUT2D eigenvalue weighted by atomic mass is 10.2. The summed E-state index contributed by atoms with van der Waals surface area (Å²) in [6, 6.07) is 11.7. The molecule has 90 valence electrons. The normalized spacial score (nSPS) is 12.4. The van der Waals surface area contributed by atoms with Crippen molar-refractivity contribution in [1.82, 2.24) is 0 Å². The lowest BCUT2D eigenvalue weighted by Gasteiger charge is -2.15. The highest BCUT2D eigenvalue weighted by Crippen LogP contribution is 2.23. The van der Waals surface area contributed by atoms with Gasteiger partial charge in [0, 0.05) is 10.1 Å². The van der Waals surface area contributed by atoms with Crippen LogP contribution in [0.25, 0.3) is 0 Å². The molecular formula is C13H14INO2. The van der Waals surface area contributed by atoms with Crippen LogP contribution in [-0.2, 0) is 0 Å². The Morgan fingerprint density at radius 3 is 2.47 bits per heavy atom. The highest BCUT2D eigenvalue weighted by molar-refractivity contribution is 14.1. The number of nitrogens with two attached hydrogens (primary N) is 1. The van der Waals surface area contributed by atoms with Gasteiger partial charge in [-0.15, -0.1) is 0 Å². The summed E-state index contributed by atoms with van der Waals surface area (Å²) in [5.74, 6) is 2.43. The second kappa shape index (κ2) is 5.55. The largest absolute Gasteiger partial charge is 0.481 e. The standard InChI is InChI=1S/C13H14INO2/c1-9-2-7-12(16-9)13(8-15)17-11-5-3-10(14)4-6-11/h2-7,13H,8,15H2,1H3. The number of ether oxygens (including phenoxy) is 1. The summed E-state index contributed by atoms with van der Waals surface area (Å²) >= 11 is 2.26. The molecule has 1 aromatic carbocycles. The van der Waals surface area contributed by atoms with Gasteiger partial charge in [-0.2, -0.15) is 0 Å². The number of hydrogen-bond donors (Lipinski definition) is 1. The van der Waals surface area contributed by atoms with Crippen molar-refractivity contribution in [2.24, 2.45) is 5.73 Å². The predicted octanol–water partition coefficient (Wildman–Crippen LogP) is 3.27. The van der Waals surface area contributed by atoms with Gasteiger partial charge in [0.25, 0.3) is 0 Å². The van der Waals surface area contributed by atoms with Gasteiger partial charge in [-0.1, -0.05) is 0 Å². The van der Waals surface area contributed by atoms with Gasteiger partial charge < -0.3 is 14.9 Å². The average molecular weight is 343 g/mol. The molecule has 0 radical (unpaired) electrons. The van der Waals surface area contributed by atoms with E-state index in [-0.39, 0.29) is 6.10 Å². The van der Waals surface area contributed by atoms with E-state index in [0.29, 0.717) is 6.54 Å². The van der Waals surface area contributed by atoms with E-state index >= 15 is 0 Å². The van der Waals surface area contributed by atoms with Crippen LogP contribution in [-0.4, -0.2) is 6.54 Å². The molecular weight excluding hydrogens is 329 g/mol. The Bertz CT molecular complexity index is 478. The summed E-state index contributed by atoms with van der Waals surface area (Å²) in [4.78, 5) is 0. The van der Waals surface area contributed by atoms with E-state index in [9.17, 15) is 0 Å². The molecule has 0 aliphatic carbocycles. The number of halogens is 1. The van der Waals surface area contributed by atoms with Crippen LogP contribution in [0.1, 0.15) is 17.6 Å². The number of aryl methyl sites for hydroxylation is 1. The van der Waals surface area contributed by atoms with Crippen molar-refractivity contribution in [2.75, 3.05) is 6.54 Å². The zero-order chi connectivity index (χ0) is 12.3. The van der Waals surface area contributed by atoms with E-state index in [0.717, 1.165) is 17.3 Å². The topological polar surface area (TPSA) is 48.4 Å². The van der Waals surface area contributed by atoms with Gasteiger partial charge >= 0.3 is 0 Å². The third-order valence-corrected chi connectivity index (χ3v) is 3.10. The predicted molar refractivity (Wildman–Crippen MR) is 75.0 cm³/mol. The Morgan fingerprint density at radius 1 is 1.24 bits per heavy atom. The molecule has 0 amide bonds. The van der Waals surface area contributed by atoms with Gasteiger partial charge in [-0.25, -0.2) is 0 Å². The molecule has 1 aromatic heterocycles. The fourth-order valence-corrected chi connectivity index (χ4v) is 1.89. The lowest BCUT2D eigenvalue weighted by molar-refractivity contribution is 0.182. The average Bonchev–Trinajstić information content (AvgIpc) is 2.75. The molecule has 2 N–H and O–H groups in total. The third kappa shape index (κ3) is 3.23. The van der Waals surface area contributed by atoms with Crippen molar-refractivity contribution in [3.05, 3.63) is 51.5 Å². The lowest BCUT2D eigenvalue weighted by Crippen LogP contribution is -2.17. The highest BCUT2D eigenvalue weighted by Gasteiger charge is 2.15. The van der Waals surface area contributed by atoms with Crippen molar-refractivity contribution >= 4 is 22.6 Å². The van der Waals surface area contributed by atoms with E-state index in [1.807, 2.05) is 43.3 Å². The first kappa shape index (κ1) is 12.4. The van der Waals surface area contributed by atoms with E-state index in [1.165, 1.54) is 3.57 Å². The molecule has 4 heteroatoms. The third-order valence-electron chi connectivity index (χ3n) is 2.38. The van der Waals surface area contributed by atoms with Crippen LogP contribution >= 0.6 is 22.6 Å². The number of furan rings is 1. The minimum absolute atomic E-state index is 0.233. The van der Waals surface area contributed by atoms with Crippen molar-refractivity contribution in [3.8, 4) is 5.75 Å². The molecule has 0 saturated carbocycles. The smallest absolute Gasteiger partial charge is 0.168 e. The molecule has 0 saturated heterocycles. The SMILES string of the molecule is Cc1ccc(C(CN)Oc2ccc(I)cc2)o1. The summed E-state index contributed by atoms with van der Waals surface area (Å²) in [5, 5.41) is 0. The molecule has 0 fully saturated rings. The Labute approximate surface area is 114 Å². The molecule has 0 spiro atoms. The van der Waals surface area contributed by atoms with Gasteiger partial charge in [0.15, 0.2) is 6.10 Å². The maximum absolute atomic E-state index is 5.80. The first-order valence-corrected chi connectivity index (χ1v) is 6.45. The first-order valence-electron chi connectivity index (χ1n) is 5.37. The monoisotopic (exact) mass is 343 g/mol. The van der Waals surface area contributed by atoms with Crippen LogP contribution in [0, 0.1) is 10.5 Å². The van der Waals surface area contributed by atoms with Crippen molar-refractivity contribution in [2.45, 2.75) is 13.0 Å². The maximum Gasteiger partial charge on any atom is 0.168 e. The van der Waals surface area contributed by atoms with Crippen LogP contribution in [0.5, 0.6) is 5.75 Å². The van der Waals surface area contributed by atoms with Gasteiger partial charge in [-0.05, 0) is 65.9 Å². The van der Waals surface area contributed by atoms with Gasteiger partial charge in [-0.3, -0.25) is 0 Å². The van der Waals surface area contributed by atoms with Crippen LogP contribution in [0.4, 0.5) is 0 Å². The van der Waals surface area contributed by atoms with E-state index in [2.05, 4.69) is 22.6 Å². The summed E-state index contributed by atoms with van der Waals surface area (Å²) in [7, 11) is 0. The van der Waals surface area contributed by atoms with Crippen LogP contribution in [0.2, 0.25) is 0 Å². The minimum atomic E-state index is -0.233. The molecule has 2 rings (SSSR count). The summed E-state index contributed by atoms with van der Waals surface area (Å²) in [6.45, 7) is 2.29. The van der Waals surface area contributed by atoms with Crippen LogP contribution < -0.4 is 10.5 Å². The van der Waals surface area contributed by atoms with Crippen LogP contribution in [0.3, 0.4) is 0 Å². The molecule has 0 aliphatic rings. The van der Waals surface area contributed by atoms with Crippen molar-refractivity contribution in [1.29, 1.82) is 0 Å². The number of hydrogen-bond acceptors (Lipinski definition) is 3. The molecule has 0 bridgehead atoms. The highest BCUT2D eigenvalue weighted by atomic mass is 127. The zero-order valence-corrected chi connectivity index (χ0v) is 11.7. The summed E-state index contributed by atoms with van der Waals surface area (Å²) in [5.41, 5.74) is 5.71. The minimum Gasteiger partial charge on any atom is -0.481 e. The summed E-state index contributed by atoms with van der Waals surface area (Å²) in [6.07, 6.45) is -0.233. The van der Waals surface area contributed by atoms with Gasteiger partial charge in [0.2, 0.25) is 0 Å². The van der Waals surface area contributed by atoms with E-state index in [1.54, 1.807) is 0 Å². The molecule has 17 heavy (non-hydrogen) atoms. The molecule has 1 unspecified atom stereocenters. The Morgan fingerprint density at radius 2 is 1.94 bits per heavy atom. The van der Waals surface area contributed by atoms with Crippen LogP contribution in [0.15, 0.2) is 40.8 Å². The Balaban J connectivity index is 2.12. The summed E-state index contributed by atoms with van der Waals surface area (Å²) < 4.78 is 12.5. The Hall–Kier alpha value is -1.01. The van der Waals surface area contributed by atoms with Gasteiger partial charge in [0.1, 0.15) is 17.3 Å². The second-order valence-electron chi connectivity index (χ2n) is 3.74. The first-order chi connectivity index (χ1) is 8.19. The fourth-order valence-electron chi connectivity index (χ4n) is 1.53. The van der Waals surface area contributed by atoms with Crippen molar-refractivity contribution in [3.63, 3.8) is 0 Å². The quantitative estimate of drug-likeness (QED) is 0.867. The molecule has 0 aliphatic heterocycles. The molecule has 1 heterocycles. The maximum atomic E-state index is 5.80. The number of benzene rings is 1. The second-order valence-corrected chi connectivity index (χ2v) is 4.99.